The number of methoxy groups -OCH3 is 2. The van der Waals surface area contributed by atoms with E-state index in [1.807, 2.05) is 25.2 Å². The maximum atomic E-state index is 5.10. The Balaban J connectivity index is 2.71. The van der Waals surface area contributed by atoms with E-state index in [4.69, 9.17) is 9.47 Å². The zero-order chi connectivity index (χ0) is 12.5. The fraction of sp³-hybridized carbons (Fsp3) is 0.583. The van der Waals surface area contributed by atoms with E-state index in [0.717, 1.165) is 24.7 Å². The number of ether oxygens (including phenoxy) is 2. The summed E-state index contributed by atoms with van der Waals surface area (Å²) in [5.74, 6) is 1.80. The molecule has 1 aromatic rings. The van der Waals surface area contributed by atoms with E-state index in [9.17, 15) is 0 Å². The first-order chi connectivity index (χ1) is 8.31. The lowest BCUT2D eigenvalue weighted by atomic mass is 10.4. The molecule has 0 aliphatic heterocycles. The number of hydrogen-bond acceptors (Lipinski definition) is 5. The summed E-state index contributed by atoms with van der Waals surface area (Å²) in [5, 5.41) is 3.03. The minimum atomic E-state index is 0.676. The number of nitrogens with zero attached hydrogens (tertiary/aromatic N) is 2. The molecular formula is C12H21N3O2. The van der Waals surface area contributed by atoms with Crippen molar-refractivity contribution < 1.29 is 9.47 Å². The van der Waals surface area contributed by atoms with Crippen LogP contribution in [0.15, 0.2) is 18.2 Å². The molecule has 96 valence electrons. The van der Waals surface area contributed by atoms with Crippen molar-refractivity contribution in [1.82, 2.24) is 4.98 Å². The average Bonchev–Trinajstić information content (AvgIpc) is 2.39. The van der Waals surface area contributed by atoms with Gasteiger partial charge >= 0.3 is 0 Å². The van der Waals surface area contributed by atoms with Gasteiger partial charge in [0.05, 0.1) is 13.2 Å². The standard InChI is InChI=1S/C12H21N3O2/c1-13-11-5-4-6-12(14-11)15(7-9-16-2)8-10-17-3/h4-6H,7-10H2,1-3H3,(H,13,14). The molecule has 5 nitrogen and oxygen atoms in total. The number of hydrogen-bond donors (Lipinski definition) is 1. The van der Waals surface area contributed by atoms with Crippen LogP contribution in [0.3, 0.4) is 0 Å². The first-order valence-electron chi connectivity index (χ1n) is 5.69. The molecule has 0 atom stereocenters. The highest BCUT2D eigenvalue weighted by atomic mass is 16.5. The third-order valence-electron chi connectivity index (χ3n) is 2.45. The Morgan fingerprint density at radius 1 is 1.18 bits per heavy atom. The van der Waals surface area contributed by atoms with Crippen molar-refractivity contribution in [2.24, 2.45) is 0 Å². The molecule has 0 spiro atoms. The molecule has 0 bridgehead atoms. The predicted octanol–water partition coefficient (Wildman–Crippen LogP) is 1.22. The maximum absolute atomic E-state index is 5.10. The molecule has 0 aliphatic carbocycles. The third-order valence-corrected chi connectivity index (χ3v) is 2.45. The van der Waals surface area contributed by atoms with Crippen LogP contribution >= 0.6 is 0 Å². The normalized spacial score (nSPS) is 10.3. The lowest BCUT2D eigenvalue weighted by Gasteiger charge is -2.23. The van der Waals surface area contributed by atoms with Gasteiger partial charge < -0.3 is 19.7 Å². The fourth-order valence-electron chi connectivity index (χ4n) is 1.48. The van der Waals surface area contributed by atoms with Crippen molar-refractivity contribution in [2.45, 2.75) is 0 Å². The molecule has 0 radical (unpaired) electrons. The lowest BCUT2D eigenvalue weighted by molar-refractivity contribution is 0.190. The van der Waals surface area contributed by atoms with Crippen LogP contribution in [0, 0.1) is 0 Å². The van der Waals surface area contributed by atoms with Gasteiger partial charge in [0.2, 0.25) is 0 Å². The van der Waals surface area contributed by atoms with E-state index in [2.05, 4.69) is 15.2 Å². The van der Waals surface area contributed by atoms with Crippen LogP contribution in [0.1, 0.15) is 0 Å². The number of rotatable bonds is 8. The highest BCUT2D eigenvalue weighted by Gasteiger charge is 2.07. The van der Waals surface area contributed by atoms with Crippen LogP contribution < -0.4 is 10.2 Å². The van der Waals surface area contributed by atoms with Gasteiger partial charge in [0, 0.05) is 34.4 Å². The predicted molar refractivity (Wildman–Crippen MR) is 69.7 cm³/mol. The second kappa shape index (κ2) is 7.86. The summed E-state index contributed by atoms with van der Waals surface area (Å²) in [5.41, 5.74) is 0. The largest absolute Gasteiger partial charge is 0.383 e. The van der Waals surface area contributed by atoms with Crippen LogP contribution in [0.2, 0.25) is 0 Å². The number of pyridine rings is 1. The molecule has 0 saturated heterocycles. The minimum Gasteiger partial charge on any atom is -0.383 e. The van der Waals surface area contributed by atoms with E-state index >= 15 is 0 Å². The molecular weight excluding hydrogens is 218 g/mol. The van der Waals surface area contributed by atoms with E-state index < -0.39 is 0 Å². The van der Waals surface area contributed by atoms with E-state index in [-0.39, 0.29) is 0 Å². The molecule has 0 aliphatic rings. The van der Waals surface area contributed by atoms with Crippen LogP contribution in [0.4, 0.5) is 11.6 Å². The Bertz CT molecular complexity index is 312. The van der Waals surface area contributed by atoms with Crippen LogP contribution in [0.5, 0.6) is 0 Å². The monoisotopic (exact) mass is 239 g/mol. The number of nitrogens with one attached hydrogen (secondary N) is 1. The summed E-state index contributed by atoms with van der Waals surface area (Å²) in [4.78, 5) is 6.65. The summed E-state index contributed by atoms with van der Waals surface area (Å²) in [6, 6.07) is 5.92. The van der Waals surface area contributed by atoms with Gasteiger partial charge in [0.15, 0.2) is 0 Å². The topological polar surface area (TPSA) is 46.6 Å². The maximum Gasteiger partial charge on any atom is 0.131 e. The Kier molecular flexibility index (Phi) is 6.35. The smallest absolute Gasteiger partial charge is 0.131 e. The molecule has 1 heterocycles. The summed E-state index contributed by atoms with van der Waals surface area (Å²) >= 11 is 0. The Labute approximate surface area is 103 Å². The third kappa shape index (κ3) is 4.58. The molecule has 0 saturated carbocycles. The molecule has 1 rings (SSSR count). The Morgan fingerprint density at radius 2 is 1.82 bits per heavy atom. The van der Waals surface area contributed by atoms with Gasteiger partial charge in [0.1, 0.15) is 11.6 Å². The second-order valence-electron chi connectivity index (χ2n) is 3.60. The summed E-state index contributed by atoms with van der Waals surface area (Å²) in [7, 11) is 5.26. The van der Waals surface area contributed by atoms with Gasteiger partial charge in [-0.1, -0.05) is 6.07 Å². The number of anilines is 2. The van der Waals surface area contributed by atoms with Gasteiger partial charge in [-0.05, 0) is 12.1 Å². The number of aromatic nitrogens is 1. The van der Waals surface area contributed by atoms with Gasteiger partial charge in [-0.15, -0.1) is 0 Å². The Morgan fingerprint density at radius 3 is 2.35 bits per heavy atom. The molecule has 0 amide bonds. The molecule has 0 aromatic carbocycles. The van der Waals surface area contributed by atoms with Crippen LogP contribution in [0.25, 0.3) is 0 Å². The van der Waals surface area contributed by atoms with Crippen molar-refractivity contribution >= 4 is 11.6 Å². The zero-order valence-electron chi connectivity index (χ0n) is 10.8. The van der Waals surface area contributed by atoms with Crippen LogP contribution in [-0.4, -0.2) is 52.6 Å². The van der Waals surface area contributed by atoms with Gasteiger partial charge in [-0.3, -0.25) is 0 Å². The van der Waals surface area contributed by atoms with Gasteiger partial charge in [0.25, 0.3) is 0 Å². The molecule has 0 fully saturated rings. The van der Waals surface area contributed by atoms with E-state index in [1.165, 1.54) is 0 Å². The minimum absolute atomic E-state index is 0.676. The molecule has 0 unspecified atom stereocenters. The van der Waals surface area contributed by atoms with Crippen molar-refractivity contribution in [1.29, 1.82) is 0 Å². The second-order valence-corrected chi connectivity index (χ2v) is 3.60. The van der Waals surface area contributed by atoms with Crippen molar-refractivity contribution in [3.63, 3.8) is 0 Å². The first kappa shape index (κ1) is 13.7. The van der Waals surface area contributed by atoms with Crippen LogP contribution in [-0.2, 0) is 9.47 Å². The molecule has 5 heteroatoms. The van der Waals surface area contributed by atoms with Crippen molar-refractivity contribution in [3.8, 4) is 0 Å². The molecule has 17 heavy (non-hydrogen) atoms. The van der Waals surface area contributed by atoms with Gasteiger partial charge in [-0.2, -0.15) is 0 Å². The van der Waals surface area contributed by atoms with E-state index in [0.29, 0.717) is 13.2 Å². The summed E-state index contributed by atoms with van der Waals surface area (Å²) in [6.07, 6.45) is 0. The highest BCUT2D eigenvalue weighted by molar-refractivity contribution is 5.46. The molecule has 1 aromatic heterocycles. The SMILES string of the molecule is CNc1cccc(N(CCOC)CCOC)n1. The summed E-state index contributed by atoms with van der Waals surface area (Å²) in [6.45, 7) is 2.96. The first-order valence-corrected chi connectivity index (χ1v) is 5.69. The highest BCUT2D eigenvalue weighted by Crippen LogP contribution is 2.13. The average molecular weight is 239 g/mol. The van der Waals surface area contributed by atoms with Crippen molar-refractivity contribution in [2.75, 3.05) is 57.8 Å². The zero-order valence-corrected chi connectivity index (χ0v) is 10.8. The van der Waals surface area contributed by atoms with Crippen molar-refractivity contribution in [3.05, 3.63) is 18.2 Å². The lowest BCUT2D eigenvalue weighted by Crippen LogP contribution is -2.31. The summed E-state index contributed by atoms with van der Waals surface area (Å²) < 4.78 is 10.2. The molecule has 1 N–H and O–H groups in total. The van der Waals surface area contributed by atoms with E-state index in [1.54, 1.807) is 14.2 Å². The quantitative estimate of drug-likeness (QED) is 0.739. The fourth-order valence-corrected chi connectivity index (χ4v) is 1.48. The Hall–Kier alpha value is -1.33. The van der Waals surface area contributed by atoms with Gasteiger partial charge in [-0.25, -0.2) is 4.98 Å².